The molecular weight excluding hydrogens is 405 g/mol. The topological polar surface area (TPSA) is 54.3 Å². The van der Waals surface area contributed by atoms with Crippen molar-refractivity contribution >= 4 is 11.6 Å². The summed E-state index contributed by atoms with van der Waals surface area (Å²) >= 11 is 0. The van der Waals surface area contributed by atoms with E-state index in [4.69, 9.17) is 10.1 Å². The summed E-state index contributed by atoms with van der Waals surface area (Å²) in [6.45, 7) is 3.30. The molecule has 1 saturated carbocycles. The van der Waals surface area contributed by atoms with Crippen molar-refractivity contribution in [2.45, 2.75) is 51.2 Å². The van der Waals surface area contributed by atoms with E-state index >= 15 is 0 Å². The highest BCUT2D eigenvalue weighted by molar-refractivity contribution is 5.96. The van der Waals surface area contributed by atoms with Gasteiger partial charge < -0.3 is 9.80 Å². The van der Waals surface area contributed by atoms with Gasteiger partial charge in [-0.05, 0) is 62.4 Å². The Morgan fingerprint density at radius 3 is 2.75 bits per heavy atom. The molecule has 7 heteroatoms. The minimum atomic E-state index is -0.302. The van der Waals surface area contributed by atoms with Crippen molar-refractivity contribution in [3.05, 3.63) is 65.0 Å². The quantitative estimate of drug-likeness (QED) is 0.574. The van der Waals surface area contributed by atoms with Crippen molar-refractivity contribution in [2.75, 3.05) is 11.4 Å². The summed E-state index contributed by atoms with van der Waals surface area (Å²) in [5.41, 5.74) is 6.25. The fraction of sp³-hybridized carbons (Fsp3) is 0.400. The summed E-state index contributed by atoms with van der Waals surface area (Å²) in [7, 11) is 1.91. The van der Waals surface area contributed by atoms with E-state index in [9.17, 15) is 9.18 Å². The number of anilines is 1. The largest absolute Gasteiger partial charge is 0.363 e. The van der Waals surface area contributed by atoms with Gasteiger partial charge in [-0.2, -0.15) is 5.10 Å². The van der Waals surface area contributed by atoms with Crippen LogP contribution in [0.1, 0.15) is 59.0 Å². The first-order chi connectivity index (χ1) is 15.5. The van der Waals surface area contributed by atoms with Crippen LogP contribution in [0.3, 0.4) is 0 Å². The number of hydrogen-bond acceptors (Lipinski definition) is 4. The Kier molecular flexibility index (Phi) is 4.35. The van der Waals surface area contributed by atoms with Gasteiger partial charge in [-0.3, -0.25) is 14.5 Å². The summed E-state index contributed by atoms with van der Waals surface area (Å²) < 4.78 is 16.2. The van der Waals surface area contributed by atoms with Gasteiger partial charge in [-0.25, -0.2) is 4.39 Å². The lowest BCUT2D eigenvalue weighted by Crippen LogP contribution is -2.35. The Balaban J connectivity index is 1.61. The van der Waals surface area contributed by atoms with Crippen LogP contribution in [0.5, 0.6) is 0 Å². The molecular formula is C25H26FN5O. The second-order valence-corrected chi connectivity index (χ2v) is 9.24. The average Bonchev–Trinajstić information content (AvgIpc) is 3.38. The number of aromatic nitrogens is 3. The predicted molar refractivity (Wildman–Crippen MR) is 120 cm³/mol. The molecule has 2 aliphatic heterocycles. The Morgan fingerprint density at radius 2 is 1.94 bits per heavy atom. The maximum absolute atomic E-state index is 14.4. The molecule has 1 atom stereocenters. The lowest BCUT2D eigenvalue weighted by Gasteiger charge is -2.31. The van der Waals surface area contributed by atoms with Crippen molar-refractivity contribution in [1.29, 1.82) is 0 Å². The second-order valence-electron chi connectivity index (χ2n) is 9.24. The number of carbonyl (C=O) groups excluding carboxylic acids is 1. The molecule has 0 radical (unpaired) electrons. The third kappa shape index (κ3) is 3.10. The van der Waals surface area contributed by atoms with E-state index in [2.05, 4.69) is 11.0 Å². The number of carbonyl (C=O) groups is 1. The normalized spacial score (nSPS) is 20.3. The zero-order valence-electron chi connectivity index (χ0n) is 18.4. The number of hydrogen-bond donors (Lipinski definition) is 0. The Bertz CT molecular complexity index is 1230. The van der Waals surface area contributed by atoms with E-state index in [0.717, 1.165) is 66.0 Å². The number of aryl methyl sites for hydroxylation is 2. The standard InChI is InChI=1S/C25H26FN5O/c1-15-24-10-16(12-27-15)21-13-29(2)28-22(21)14-31(18-6-7-18)25(32)19-8-5-17(26)11-20(19)23-4-3-9-30(23)24/h5,8,10-13,18,23H,3-4,6-7,9,14H2,1-2H3/t23-/m1/s1. The Labute approximate surface area is 186 Å². The van der Waals surface area contributed by atoms with Gasteiger partial charge in [-0.15, -0.1) is 0 Å². The lowest BCUT2D eigenvalue weighted by atomic mass is 9.95. The molecule has 3 aliphatic rings. The third-order valence-electron chi connectivity index (χ3n) is 7.01. The number of fused-ring (bicyclic) bond motifs is 8. The number of pyridine rings is 1. The van der Waals surface area contributed by atoms with Crippen LogP contribution in [0, 0.1) is 12.7 Å². The zero-order valence-corrected chi connectivity index (χ0v) is 18.4. The lowest BCUT2D eigenvalue weighted by molar-refractivity contribution is 0.0726. The predicted octanol–water partition coefficient (Wildman–Crippen LogP) is 4.39. The van der Waals surface area contributed by atoms with Gasteiger partial charge in [0.25, 0.3) is 5.91 Å². The number of halogens is 1. The van der Waals surface area contributed by atoms with Crippen LogP contribution < -0.4 is 4.90 Å². The summed E-state index contributed by atoms with van der Waals surface area (Å²) in [6.07, 6.45) is 7.77. The smallest absolute Gasteiger partial charge is 0.254 e. The van der Waals surface area contributed by atoms with Crippen molar-refractivity contribution in [1.82, 2.24) is 19.7 Å². The molecule has 1 aliphatic carbocycles. The molecule has 32 heavy (non-hydrogen) atoms. The van der Waals surface area contributed by atoms with Crippen molar-refractivity contribution in [3.63, 3.8) is 0 Å². The summed E-state index contributed by atoms with van der Waals surface area (Å²) in [5.74, 6) is -0.325. The second kappa shape index (κ2) is 7.15. The monoisotopic (exact) mass is 431 g/mol. The van der Waals surface area contributed by atoms with Crippen molar-refractivity contribution in [3.8, 4) is 11.1 Å². The van der Waals surface area contributed by atoms with E-state index < -0.39 is 0 Å². The first kappa shape index (κ1) is 19.5. The molecule has 6 rings (SSSR count). The third-order valence-corrected chi connectivity index (χ3v) is 7.01. The molecule has 4 heterocycles. The highest BCUT2D eigenvalue weighted by Crippen LogP contribution is 2.42. The highest BCUT2D eigenvalue weighted by atomic mass is 19.1. The van der Waals surface area contributed by atoms with Crippen LogP contribution in [-0.2, 0) is 13.6 Å². The van der Waals surface area contributed by atoms with Gasteiger partial charge in [-0.1, -0.05) is 0 Å². The Morgan fingerprint density at radius 1 is 1.09 bits per heavy atom. The maximum atomic E-state index is 14.4. The number of benzene rings is 1. The first-order valence-electron chi connectivity index (χ1n) is 11.4. The Hall–Kier alpha value is -3.22. The molecule has 2 fully saturated rings. The summed E-state index contributed by atoms with van der Waals surface area (Å²) in [5, 5.41) is 4.71. The zero-order chi connectivity index (χ0) is 22.0. The van der Waals surface area contributed by atoms with Crippen LogP contribution in [-0.4, -0.2) is 38.2 Å². The molecule has 0 spiro atoms. The maximum Gasteiger partial charge on any atom is 0.254 e. The fourth-order valence-electron chi connectivity index (χ4n) is 5.30. The molecule has 1 amide bonds. The molecule has 2 aromatic heterocycles. The molecule has 1 saturated heterocycles. The summed E-state index contributed by atoms with van der Waals surface area (Å²) in [4.78, 5) is 22.8. The van der Waals surface area contributed by atoms with Crippen LogP contribution in [0.15, 0.2) is 36.7 Å². The molecule has 3 aromatic rings. The van der Waals surface area contributed by atoms with Crippen molar-refractivity contribution < 1.29 is 9.18 Å². The number of rotatable bonds is 1. The van der Waals surface area contributed by atoms with Crippen LogP contribution in [0.4, 0.5) is 10.1 Å². The number of amides is 1. The van der Waals surface area contributed by atoms with Gasteiger partial charge in [0.15, 0.2) is 0 Å². The first-order valence-corrected chi connectivity index (χ1v) is 11.4. The van der Waals surface area contributed by atoms with E-state index in [0.29, 0.717) is 12.1 Å². The minimum absolute atomic E-state index is 0.0231. The molecule has 0 unspecified atom stereocenters. The average molecular weight is 432 g/mol. The van der Waals surface area contributed by atoms with Gasteiger partial charge in [0, 0.05) is 48.7 Å². The van der Waals surface area contributed by atoms with E-state index in [1.165, 1.54) is 6.07 Å². The van der Waals surface area contributed by atoms with Crippen LogP contribution in [0.25, 0.3) is 11.1 Å². The van der Waals surface area contributed by atoms with E-state index in [-0.39, 0.29) is 23.8 Å². The van der Waals surface area contributed by atoms with Gasteiger partial charge >= 0.3 is 0 Å². The van der Waals surface area contributed by atoms with Gasteiger partial charge in [0.1, 0.15) is 5.82 Å². The molecule has 1 aromatic carbocycles. The summed E-state index contributed by atoms with van der Waals surface area (Å²) in [6, 6.07) is 6.99. The van der Waals surface area contributed by atoms with Gasteiger partial charge in [0.2, 0.25) is 0 Å². The van der Waals surface area contributed by atoms with E-state index in [1.807, 2.05) is 31.3 Å². The SMILES string of the molecule is Cc1ncc2cc1N1CCC[C@@H]1c1cc(F)ccc1C(=O)N(C1CC1)Cc1nn(C)cc1-2. The number of nitrogens with zero attached hydrogens (tertiary/aromatic N) is 5. The minimum Gasteiger partial charge on any atom is -0.363 e. The molecule has 0 N–H and O–H groups in total. The fourth-order valence-corrected chi connectivity index (χ4v) is 5.30. The molecule has 2 bridgehead atoms. The molecule has 164 valence electrons. The van der Waals surface area contributed by atoms with Crippen LogP contribution >= 0.6 is 0 Å². The van der Waals surface area contributed by atoms with Crippen LogP contribution in [0.2, 0.25) is 0 Å². The highest BCUT2D eigenvalue weighted by Gasteiger charge is 2.38. The van der Waals surface area contributed by atoms with Crippen molar-refractivity contribution in [2.24, 2.45) is 7.05 Å². The van der Waals surface area contributed by atoms with E-state index in [1.54, 1.807) is 16.8 Å². The van der Waals surface area contributed by atoms with Gasteiger partial charge in [0.05, 0.1) is 29.7 Å². The molecule has 6 nitrogen and oxygen atoms in total.